The lowest BCUT2D eigenvalue weighted by Gasteiger charge is -2.39. The molecule has 0 saturated carbocycles. The number of urea groups is 1. The molecule has 8 heteroatoms. The summed E-state index contributed by atoms with van der Waals surface area (Å²) in [6.07, 6.45) is 1.23. The van der Waals surface area contributed by atoms with Crippen LogP contribution in [0.25, 0.3) is 0 Å². The molecule has 0 aliphatic carbocycles. The summed E-state index contributed by atoms with van der Waals surface area (Å²) >= 11 is 0. The highest BCUT2D eigenvalue weighted by atomic mass is 32.2. The van der Waals surface area contributed by atoms with Gasteiger partial charge in [0.05, 0.1) is 11.5 Å². The van der Waals surface area contributed by atoms with Crippen LogP contribution < -0.4 is 0 Å². The minimum atomic E-state index is -3.05. The maximum Gasteiger partial charge on any atom is 0.326 e. The Hall–Kier alpha value is -1.31. The number of hydrogen-bond donors (Lipinski definition) is 1. The molecule has 2 heterocycles. The number of carboxylic acids is 1. The largest absolute Gasteiger partial charge is 0.480 e. The van der Waals surface area contributed by atoms with Crippen molar-refractivity contribution in [3.05, 3.63) is 0 Å². The highest BCUT2D eigenvalue weighted by molar-refractivity contribution is 7.91. The van der Waals surface area contributed by atoms with Crippen molar-refractivity contribution in [2.45, 2.75) is 25.8 Å². The van der Waals surface area contributed by atoms with Gasteiger partial charge in [-0.25, -0.2) is 18.0 Å². The number of likely N-dealkylation sites (tertiary alicyclic amines) is 1. The zero-order valence-electron chi connectivity index (χ0n) is 11.5. The van der Waals surface area contributed by atoms with Gasteiger partial charge in [-0.3, -0.25) is 0 Å². The first-order valence-electron chi connectivity index (χ1n) is 6.79. The molecule has 7 nitrogen and oxygen atoms in total. The number of rotatable bonds is 1. The third-order valence-electron chi connectivity index (χ3n) is 4.01. The third-order valence-corrected chi connectivity index (χ3v) is 5.62. The monoisotopic (exact) mass is 304 g/mol. The second kappa shape index (κ2) is 5.59. The number of carbonyl (C=O) groups is 2. The van der Waals surface area contributed by atoms with Gasteiger partial charge in [-0.05, 0) is 18.8 Å². The Balaban J connectivity index is 2.06. The molecule has 2 unspecified atom stereocenters. The van der Waals surface area contributed by atoms with Gasteiger partial charge in [0.25, 0.3) is 0 Å². The molecule has 2 rings (SSSR count). The fraction of sp³-hybridized carbons (Fsp3) is 0.833. The molecule has 0 aromatic rings. The van der Waals surface area contributed by atoms with Crippen molar-refractivity contribution in [1.82, 2.24) is 9.80 Å². The molecule has 0 aromatic heterocycles. The quantitative estimate of drug-likeness (QED) is 0.737. The summed E-state index contributed by atoms with van der Waals surface area (Å²) in [4.78, 5) is 26.5. The summed E-state index contributed by atoms with van der Waals surface area (Å²) in [5.41, 5.74) is 0. The van der Waals surface area contributed by atoms with Crippen molar-refractivity contribution < 1.29 is 23.1 Å². The Morgan fingerprint density at radius 3 is 2.30 bits per heavy atom. The molecule has 0 bridgehead atoms. The van der Waals surface area contributed by atoms with Crippen LogP contribution in [0.2, 0.25) is 0 Å². The van der Waals surface area contributed by atoms with Gasteiger partial charge < -0.3 is 14.9 Å². The maximum atomic E-state index is 12.4. The van der Waals surface area contributed by atoms with E-state index in [0.29, 0.717) is 13.0 Å². The zero-order chi connectivity index (χ0) is 14.9. The van der Waals surface area contributed by atoms with Crippen LogP contribution in [0.4, 0.5) is 4.79 Å². The van der Waals surface area contributed by atoms with Gasteiger partial charge in [-0.2, -0.15) is 0 Å². The van der Waals surface area contributed by atoms with Gasteiger partial charge in [0.1, 0.15) is 6.04 Å². The van der Waals surface area contributed by atoms with Crippen LogP contribution >= 0.6 is 0 Å². The summed E-state index contributed by atoms with van der Waals surface area (Å²) in [5, 5.41) is 9.25. The average molecular weight is 304 g/mol. The van der Waals surface area contributed by atoms with Crippen molar-refractivity contribution in [3.63, 3.8) is 0 Å². The maximum absolute atomic E-state index is 12.4. The fourth-order valence-corrected chi connectivity index (χ4v) is 3.89. The van der Waals surface area contributed by atoms with Gasteiger partial charge in [0.2, 0.25) is 0 Å². The van der Waals surface area contributed by atoms with Crippen LogP contribution in [0.15, 0.2) is 0 Å². The first-order valence-corrected chi connectivity index (χ1v) is 8.61. The van der Waals surface area contributed by atoms with E-state index in [-0.39, 0.29) is 36.5 Å². The molecule has 1 N–H and O–H groups in total. The third kappa shape index (κ3) is 3.23. The minimum absolute atomic E-state index is 0.0410. The molecule has 2 atom stereocenters. The van der Waals surface area contributed by atoms with Crippen molar-refractivity contribution in [2.75, 3.05) is 31.1 Å². The number of amides is 2. The number of hydrogen-bond acceptors (Lipinski definition) is 4. The molecule has 20 heavy (non-hydrogen) atoms. The first kappa shape index (κ1) is 15.1. The van der Waals surface area contributed by atoms with Crippen molar-refractivity contribution in [2.24, 2.45) is 5.92 Å². The van der Waals surface area contributed by atoms with Crippen LogP contribution in [0.1, 0.15) is 19.8 Å². The molecule has 0 aromatic carbocycles. The molecule has 2 fully saturated rings. The van der Waals surface area contributed by atoms with Crippen LogP contribution in [-0.2, 0) is 14.6 Å². The Kier molecular flexibility index (Phi) is 4.22. The molecule has 114 valence electrons. The molecular weight excluding hydrogens is 284 g/mol. The van der Waals surface area contributed by atoms with E-state index in [1.165, 1.54) is 9.80 Å². The molecule has 0 spiro atoms. The topological polar surface area (TPSA) is 95.0 Å². The van der Waals surface area contributed by atoms with E-state index in [1.807, 2.05) is 6.92 Å². The van der Waals surface area contributed by atoms with Crippen LogP contribution in [0, 0.1) is 5.92 Å². The Morgan fingerprint density at radius 2 is 1.75 bits per heavy atom. The summed E-state index contributed by atoms with van der Waals surface area (Å²) in [6, 6.07) is -1.15. The number of sulfone groups is 1. The lowest BCUT2D eigenvalue weighted by Crippen LogP contribution is -2.56. The van der Waals surface area contributed by atoms with E-state index in [4.69, 9.17) is 0 Å². The van der Waals surface area contributed by atoms with E-state index >= 15 is 0 Å². The molecule has 2 aliphatic rings. The second-order valence-electron chi connectivity index (χ2n) is 5.60. The lowest BCUT2D eigenvalue weighted by atomic mass is 9.92. The summed E-state index contributed by atoms with van der Waals surface area (Å²) in [7, 11) is -3.05. The Labute approximate surface area is 118 Å². The number of piperidine rings is 1. The predicted molar refractivity (Wildman–Crippen MR) is 72.2 cm³/mol. The van der Waals surface area contributed by atoms with Crippen LogP contribution in [0.5, 0.6) is 0 Å². The number of aliphatic carboxylic acids is 1. The molecule has 2 saturated heterocycles. The summed E-state index contributed by atoms with van der Waals surface area (Å²) in [6.45, 7) is 2.70. The van der Waals surface area contributed by atoms with Gasteiger partial charge in [0, 0.05) is 19.6 Å². The number of carbonyl (C=O) groups excluding carboxylic acids is 1. The van der Waals surface area contributed by atoms with Crippen LogP contribution in [-0.4, -0.2) is 72.5 Å². The predicted octanol–water partition coefficient (Wildman–Crippen LogP) is 0.0219. The van der Waals surface area contributed by atoms with E-state index in [0.717, 1.165) is 6.42 Å². The summed E-state index contributed by atoms with van der Waals surface area (Å²) < 4.78 is 22.7. The zero-order valence-corrected chi connectivity index (χ0v) is 12.3. The summed E-state index contributed by atoms with van der Waals surface area (Å²) in [5.74, 6) is -0.794. The molecular formula is C12H20N2O5S. The van der Waals surface area contributed by atoms with Gasteiger partial charge >= 0.3 is 12.0 Å². The molecule has 2 amide bonds. The molecule has 0 radical (unpaired) electrons. The van der Waals surface area contributed by atoms with E-state index in [9.17, 15) is 23.1 Å². The Morgan fingerprint density at radius 1 is 1.15 bits per heavy atom. The van der Waals surface area contributed by atoms with E-state index < -0.39 is 21.8 Å². The smallest absolute Gasteiger partial charge is 0.326 e. The van der Waals surface area contributed by atoms with Gasteiger partial charge in [-0.1, -0.05) is 6.92 Å². The second-order valence-corrected chi connectivity index (χ2v) is 7.90. The SMILES string of the molecule is CC1CCN(C(=O)N2CCS(=O)(=O)CC2)C(C(=O)O)C1. The number of nitrogens with zero attached hydrogens (tertiary/aromatic N) is 2. The first-order chi connectivity index (χ1) is 9.30. The van der Waals surface area contributed by atoms with Gasteiger partial charge in [-0.15, -0.1) is 0 Å². The van der Waals surface area contributed by atoms with Crippen molar-refractivity contribution >= 4 is 21.8 Å². The minimum Gasteiger partial charge on any atom is -0.480 e. The van der Waals surface area contributed by atoms with Gasteiger partial charge in [0.15, 0.2) is 9.84 Å². The standard InChI is InChI=1S/C12H20N2O5S/c1-9-2-3-14(10(8-9)11(15)16)12(17)13-4-6-20(18,19)7-5-13/h9-10H,2-8H2,1H3,(H,15,16). The fourth-order valence-electron chi connectivity index (χ4n) is 2.69. The average Bonchev–Trinajstić information content (AvgIpc) is 2.37. The van der Waals surface area contributed by atoms with E-state index in [2.05, 4.69) is 0 Å². The highest BCUT2D eigenvalue weighted by Gasteiger charge is 2.38. The van der Waals surface area contributed by atoms with Crippen molar-refractivity contribution in [3.8, 4) is 0 Å². The Bertz CT molecular complexity index is 490. The highest BCUT2D eigenvalue weighted by Crippen LogP contribution is 2.24. The lowest BCUT2D eigenvalue weighted by molar-refractivity contribution is -0.144. The normalized spacial score (nSPS) is 30.1. The molecule has 2 aliphatic heterocycles. The van der Waals surface area contributed by atoms with Crippen molar-refractivity contribution in [1.29, 1.82) is 0 Å². The number of carboxylic acid groups (broad SMARTS) is 1. The van der Waals surface area contributed by atoms with Crippen LogP contribution in [0.3, 0.4) is 0 Å². The van der Waals surface area contributed by atoms with E-state index in [1.54, 1.807) is 0 Å².